The maximum atomic E-state index is 11.6. The molecular weight excluding hydrogens is 184 g/mol. The molecule has 3 atom stereocenters. The lowest BCUT2D eigenvalue weighted by molar-refractivity contribution is -0.141. The first-order chi connectivity index (χ1) is 6.59. The van der Waals surface area contributed by atoms with Crippen LogP contribution in [0.25, 0.3) is 0 Å². The molecule has 5 nitrogen and oxygen atoms in total. The summed E-state index contributed by atoms with van der Waals surface area (Å²) in [5, 5.41) is 8.61. The van der Waals surface area contributed by atoms with Gasteiger partial charge in [-0.2, -0.15) is 0 Å². The molecule has 3 N–H and O–H groups in total. The van der Waals surface area contributed by atoms with Crippen LogP contribution >= 0.6 is 0 Å². The Balaban J connectivity index is 1.91. The first kappa shape index (κ1) is 9.45. The van der Waals surface area contributed by atoms with Crippen molar-refractivity contribution in [2.45, 2.75) is 18.9 Å². The largest absolute Gasteiger partial charge is 0.480 e. The summed E-state index contributed by atoms with van der Waals surface area (Å²) in [4.78, 5) is 23.7. The van der Waals surface area contributed by atoms with E-state index >= 15 is 0 Å². The number of fused-ring (bicyclic) bond motifs is 1. The summed E-state index contributed by atoms with van der Waals surface area (Å²) in [5.74, 6) is -0.210. The summed E-state index contributed by atoms with van der Waals surface area (Å²) >= 11 is 0. The van der Waals surface area contributed by atoms with Crippen LogP contribution in [-0.2, 0) is 9.59 Å². The first-order valence-corrected chi connectivity index (χ1v) is 4.86. The van der Waals surface area contributed by atoms with Gasteiger partial charge >= 0.3 is 5.97 Å². The van der Waals surface area contributed by atoms with E-state index < -0.39 is 12.0 Å². The predicted octanol–water partition coefficient (Wildman–Crippen LogP) is -0.733. The Hall–Kier alpha value is -1.10. The van der Waals surface area contributed by atoms with Gasteiger partial charge < -0.3 is 15.7 Å². The molecule has 5 heteroatoms. The molecule has 2 fully saturated rings. The number of carbonyl (C=O) groups is 2. The second-order valence-corrected chi connectivity index (χ2v) is 4.12. The summed E-state index contributed by atoms with van der Waals surface area (Å²) in [7, 11) is 0. The topological polar surface area (TPSA) is 83.6 Å². The van der Waals surface area contributed by atoms with Crippen LogP contribution in [-0.4, -0.2) is 41.0 Å². The van der Waals surface area contributed by atoms with E-state index in [9.17, 15) is 9.59 Å². The third-order valence-electron chi connectivity index (χ3n) is 3.06. The Bertz CT molecular complexity index is 279. The highest BCUT2D eigenvalue weighted by molar-refractivity contribution is 5.83. The molecule has 2 rings (SSSR count). The van der Waals surface area contributed by atoms with Crippen LogP contribution < -0.4 is 5.73 Å². The average Bonchev–Trinajstić information content (AvgIpc) is 2.89. The second-order valence-electron chi connectivity index (χ2n) is 4.12. The molecule has 0 aromatic carbocycles. The quantitative estimate of drug-likeness (QED) is 0.626. The Labute approximate surface area is 81.9 Å². The van der Waals surface area contributed by atoms with Crippen LogP contribution in [0.5, 0.6) is 0 Å². The first-order valence-electron chi connectivity index (χ1n) is 4.86. The highest BCUT2D eigenvalue weighted by Crippen LogP contribution is 2.45. The molecule has 1 heterocycles. The number of nitrogens with two attached hydrogens (primary N) is 1. The number of likely N-dealkylation sites (tertiary alicyclic amines) is 1. The van der Waals surface area contributed by atoms with Crippen LogP contribution in [0.1, 0.15) is 12.8 Å². The summed E-state index contributed by atoms with van der Waals surface area (Å²) < 4.78 is 0. The van der Waals surface area contributed by atoms with Gasteiger partial charge in [0.25, 0.3) is 0 Å². The van der Waals surface area contributed by atoms with E-state index in [4.69, 9.17) is 10.8 Å². The Kier molecular flexibility index (Phi) is 2.19. The van der Waals surface area contributed by atoms with Crippen molar-refractivity contribution in [1.82, 2.24) is 4.90 Å². The van der Waals surface area contributed by atoms with Gasteiger partial charge in [-0.25, -0.2) is 0 Å². The molecule has 0 radical (unpaired) electrons. The van der Waals surface area contributed by atoms with Gasteiger partial charge in [-0.05, 0) is 18.8 Å². The fourth-order valence-electron chi connectivity index (χ4n) is 2.03. The standard InChI is InChI=1S/C9H14N2O3/c10-7(9(13)14)4-11-2-1-5-3-6(5)8(11)12/h5-7H,1-4,10H2,(H,13,14). The lowest BCUT2D eigenvalue weighted by atomic mass is 10.1. The molecule has 1 aliphatic heterocycles. The van der Waals surface area contributed by atoms with E-state index in [2.05, 4.69) is 0 Å². The normalized spacial score (nSPS) is 32.4. The number of amides is 1. The summed E-state index contributed by atoms with van der Waals surface area (Å²) in [6.45, 7) is 0.818. The molecule has 14 heavy (non-hydrogen) atoms. The molecule has 3 unspecified atom stereocenters. The molecule has 1 aliphatic carbocycles. The van der Waals surface area contributed by atoms with Crippen LogP contribution in [0, 0.1) is 11.8 Å². The molecule has 1 amide bonds. The molecule has 1 saturated carbocycles. The van der Waals surface area contributed by atoms with Crippen LogP contribution in [0.15, 0.2) is 0 Å². The van der Waals surface area contributed by atoms with E-state index in [1.54, 1.807) is 4.90 Å². The van der Waals surface area contributed by atoms with Crippen molar-refractivity contribution in [2.24, 2.45) is 17.6 Å². The summed E-state index contributed by atoms with van der Waals surface area (Å²) in [6, 6.07) is -0.950. The number of rotatable bonds is 3. The maximum Gasteiger partial charge on any atom is 0.322 e. The molecule has 78 valence electrons. The summed E-state index contributed by atoms with van der Waals surface area (Å²) in [6.07, 6.45) is 1.99. The number of aliphatic carboxylic acids is 1. The number of carboxylic acid groups (broad SMARTS) is 1. The Morgan fingerprint density at radius 1 is 1.71 bits per heavy atom. The fourth-order valence-corrected chi connectivity index (χ4v) is 2.03. The zero-order chi connectivity index (χ0) is 10.3. The molecule has 1 saturated heterocycles. The number of piperidine rings is 1. The highest BCUT2D eigenvalue weighted by Gasteiger charge is 2.48. The van der Waals surface area contributed by atoms with E-state index in [1.807, 2.05) is 0 Å². The van der Waals surface area contributed by atoms with Crippen molar-refractivity contribution in [3.8, 4) is 0 Å². The lowest BCUT2D eigenvalue weighted by Crippen LogP contribution is -2.47. The number of hydrogen-bond donors (Lipinski definition) is 2. The SMILES string of the molecule is NC(CN1CCC2CC2C1=O)C(=O)O. The van der Waals surface area contributed by atoms with Gasteiger partial charge in [0.05, 0.1) is 0 Å². The monoisotopic (exact) mass is 198 g/mol. The maximum absolute atomic E-state index is 11.6. The van der Waals surface area contributed by atoms with Crippen molar-refractivity contribution < 1.29 is 14.7 Å². The second kappa shape index (κ2) is 3.24. The van der Waals surface area contributed by atoms with Gasteiger partial charge in [-0.3, -0.25) is 9.59 Å². The fraction of sp³-hybridized carbons (Fsp3) is 0.778. The summed E-state index contributed by atoms with van der Waals surface area (Å²) in [5.41, 5.74) is 5.38. The predicted molar refractivity (Wildman–Crippen MR) is 48.4 cm³/mol. The van der Waals surface area contributed by atoms with Gasteiger partial charge in [-0.15, -0.1) is 0 Å². The van der Waals surface area contributed by atoms with Crippen molar-refractivity contribution >= 4 is 11.9 Å². The Morgan fingerprint density at radius 2 is 2.43 bits per heavy atom. The number of carbonyl (C=O) groups excluding carboxylic acids is 1. The van der Waals surface area contributed by atoms with Crippen LogP contribution in [0.3, 0.4) is 0 Å². The minimum Gasteiger partial charge on any atom is -0.480 e. The van der Waals surface area contributed by atoms with E-state index in [1.165, 1.54) is 0 Å². The van der Waals surface area contributed by atoms with Crippen molar-refractivity contribution in [2.75, 3.05) is 13.1 Å². The van der Waals surface area contributed by atoms with Crippen molar-refractivity contribution in [3.63, 3.8) is 0 Å². The van der Waals surface area contributed by atoms with E-state index in [0.717, 1.165) is 12.8 Å². The molecular formula is C9H14N2O3. The molecule has 0 aromatic rings. The zero-order valence-electron chi connectivity index (χ0n) is 7.85. The highest BCUT2D eigenvalue weighted by atomic mass is 16.4. The van der Waals surface area contributed by atoms with E-state index in [0.29, 0.717) is 12.5 Å². The van der Waals surface area contributed by atoms with Crippen molar-refractivity contribution in [3.05, 3.63) is 0 Å². The lowest BCUT2D eigenvalue weighted by Gasteiger charge is -2.27. The van der Waals surface area contributed by atoms with E-state index in [-0.39, 0.29) is 18.4 Å². The van der Waals surface area contributed by atoms with Gasteiger partial charge in [-0.1, -0.05) is 0 Å². The Morgan fingerprint density at radius 3 is 3.07 bits per heavy atom. The molecule has 0 spiro atoms. The van der Waals surface area contributed by atoms with Crippen LogP contribution in [0.4, 0.5) is 0 Å². The van der Waals surface area contributed by atoms with Crippen LogP contribution in [0.2, 0.25) is 0 Å². The minimum absolute atomic E-state index is 0.0953. The average molecular weight is 198 g/mol. The zero-order valence-corrected chi connectivity index (χ0v) is 7.85. The number of nitrogens with zero attached hydrogens (tertiary/aromatic N) is 1. The molecule has 0 bridgehead atoms. The number of carboxylic acids is 1. The third-order valence-corrected chi connectivity index (χ3v) is 3.06. The molecule has 0 aromatic heterocycles. The molecule has 2 aliphatic rings. The smallest absolute Gasteiger partial charge is 0.322 e. The van der Waals surface area contributed by atoms with Gasteiger partial charge in [0, 0.05) is 19.0 Å². The van der Waals surface area contributed by atoms with Crippen molar-refractivity contribution in [1.29, 1.82) is 0 Å². The number of hydrogen-bond acceptors (Lipinski definition) is 3. The van der Waals surface area contributed by atoms with Gasteiger partial charge in [0.1, 0.15) is 6.04 Å². The van der Waals surface area contributed by atoms with Gasteiger partial charge in [0.2, 0.25) is 5.91 Å². The van der Waals surface area contributed by atoms with Gasteiger partial charge in [0.15, 0.2) is 0 Å². The minimum atomic E-state index is -1.05. The third kappa shape index (κ3) is 1.59.